The molecule has 1 saturated heterocycles. The van der Waals surface area contributed by atoms with Crippen LogP contribution in [0.1, 0.15) is 24.0 Å². The van der Waals surface area contributed by atoms with E-state index in [1.165, 1.54) is 36.4 Å². The SMILES string of the molecule is Cc1cc(F)ccc1NC(=O)CC1(C(=O)Nc2ccc(F)cc2C)CCNC1. The second-order valence-corrected chi connectivity index (χ2v) is 7.30. The zero-order valence-electron chi connectivity index (χ0n) is 15.9. The molecule has 0 spiro atoms. The normalized spacial score (nSPS) is 18.7. The Bertz CT molecular complexity index is 909. The number of halogens is 2. The monoisotopic (exact) mass is 387 g/mol. The fraction of sp³-hybridized carbons (Fsp3) is 0.333. The number of nitrogens with one attached hydrogen (secondary N) is 3. The molecule has 2 aromatic rings. The average molecular weight is 387 g/mol. The average Bonchev–Trinajstić information content (AvgIpc) is 3.09. The molecule has 1 heterocycles. The maximum absolute atomic E-state index is 13.3. The summed E-state index contributed by atoms with van der Waals surface area (Å²) < 4.78 is 26.5. The van der Waals surface area contributed by atoms with Crippen molar-refractivity contribution in [2.45, 2.75) is 26.7 Å². The van der Waals surface area contributed by atoms with E-state index < -0.39 is 5.41 Å². The highest BCUT2D eigenvalue weighted by atomic mass is 19.1. The summed E-state index contributed by atoms with van der Waals surface area (Å²) in [5.74, 6) is -1.34. The minimum atomic E-state index is -0.904. The number of benzene rings is 2. The van der Waals surface area contributed by atoms with Gasteiger partial charge in [0.2, 0.25) is 11.8 Å². The standard InChI is InChI=1S/C21H23F2N3O2/c1-13-9-15(22)3-5-17(13)25-19(27)11-21(7-8-24-12-21)20(28)26-18-6-4-16(23)10-14(18)2/h3-6,9-10,24H,7-8,11-12H2,1-2H3,(H,25,27)(H,26,28). The number of anilines is 2. The summed E-state index contributed by atoms with van der Waals surface area (Å²) >= 11 is 0. The lowest BCUT2D eigenvalue weighted by atomic mass is 9.82. The predicted octanol–water partition coefficient (Wildman–Crippen LogP) is 3.53. The van der Waals surface area contributed by atoms with E-state index in [0.29, 0.717) is 42.0 Å². The molecule has 148 valence electrons. The van der Waals surface area contributed by atoms with Crippen LogP contribution in [-0.2, 0) is 9.59 Å². The molecule has 28 heavy (non-hydrogen) atoms. The van der Waals surface area contributed by atoms with Gasteiger partial charge < -0.3 is 16.0 Å². The molecule has 2 amide bonds. The van der Waals surface area contributed by atoms with Crippen LogP contribution in [0, 0.1) is 30.9 Å². The molecule has 0 bridgehead atoms. The van der Waals surface area contributed by atoms with Gasteiger partial charge in [0.05, 0.1) is 5.41 Å². The van der Waals surface area contributed by atoms with Gasteiger partial charge in [-0.3, -0.25) is 9.59 Å². The van der Waals surface area contributed by atoms with E-state index in [4.69, 9.17) is 0 Å². The largest absolute Gasteiger partial charge is 0.326 e. The number of carbonyl (C=O) groups excluding carboxylic acids is 2. The van der Waals surface area contributed by atoms with Gasteiger partial charge in [0.25, 0.3) is 0 Å². The maximum atomic E-state index is 13.3. The van der Waals surface area contributed by atoms with Crippen molar-refractivity contribution >= 4 is 23.2 Å². The van der Waals surface area contributed by atoms with Crippen LogP contribution in [0.15, 0.2) is 36.4 Å². The quantitative estimate of drug-likeness (QED) is 0.735. The van der Waals surface area contributed by atoms with Crippen LogP contribution in [0.3, 0.4) is 0 Å². The zero-order chi connectivity index (χ0) is 20.3. The highest BCUT2D eigenvalue weighted by Gasteiger charge is 2.43. The summed E-state index contributed by atoms with van der Waals surface area (Å²) in [5.41, 5.74) is 1.35. The van der Waals surface area contributed by atoms with Crippen molar-refractivity contribution in [3.63, 3.8) is 0 Å². The third kappa shape index (κ3) is 4.36. The van der Waals surface area contributed by atoms with Crippen molar-refractivity contribution in [2.24, 2.45) is 5.41 Å². The molecule has 1 aliphatic heterocycles. The van der Waals surface area contributed by atoms with E-state index in [2.05, 4.69) is 16.0 Å². The summed E-state index contributed by atoms with van der Waals surface area (Å²) in [6.45, 7) is 4.41. The number of aryl methyl sites for hydroxylation is 2. The smallest absolute Gasteiger partial charge is 0.232 e. The van der Waals surface area contributed by atoms with Crippen LogP contribution < -0.4 is 16.0 Å². The first kappa shape index (κ1) is 19.9. The van der Waals surface area contributed by atoms with E-state index in [9.17, 15) is 18.4 Å². The van der Waals surface area contributed by atoms with E-state index in [-0.39, 0.29) is 29.9 Å². The second kappa shape index (κ2) is 8.06. The summed E-state index contributed by atoms with van der Waals surface area (Å²) in [4.78, 5) is 25.6. The predicted molar refractivity (Wildman–Crippen MR) is 104 cm³/mol. The lowest BCUT2D eigenvalue weighted by Gasteiger charge is -2.27. The summed E-state index contributed by atoms with van der Waals surface area (Å²) in [6.07, 6.45) is 0.498. The Morgan fingerprint density at radius 2 is 1.57 bits per heavy atom. The number of amides is 2. The first-order valence-corrected chi connectivity index (χ1v) is 9.13. The number of rotatable bonds is 5. The zero-order valence-corrected chi connectivity index (χ0v) is 15.9. The van der Waals surface area contributed by atoms with Crippen LogP contribution in [0.4, 0.5) is 20.2 Å². The molecule has 0 aliphatic carbocycles. The topological polar surface area (TPSA) is 70.2 Å². The van der Waals surface area contributed by atoms with Gasteiger partial charge in [0.15, 0.2) is 0 Å². The van der Waals surface area contributed by atoms with E-state index in [1.54, 1.807) is 13.8 Å². The Hall–Kier alpha value is -2.80. The first-order chi connectivity index (χ1) is 13.3. The molecule has 1 atom stereocenters. The second-order valence-electron chi connectivity index (χ2n) is 7.30. The Kier molecular flexibility index (Phi) is 5.74. The number of carbonyl (C=O) groups is 2. The molecule has 3 N–H and O–H groups in total. The minimum absolute atomic E-state index is 0.0110. The molecule has 0 saturated carbocycles. The van der Waals surface area contributed by atoms with E-state index >= 15 is 0 Å². The maximum Gasteiger partial charge on any atom is 0.232 e. The van der Waals surface area contributed by atoms with Crippen molar-refractivity contribution in [3.05, 3.63) is 59.2 Å². The Balaban J connectivity index is 1.74. The highest BCUT2D eigenvalue weighted by molar-refractivity contribution is 6.01. The molecule has 5 nitrogen and oxygen atoms in total. The molecule has 0 aromatic heterocycles. The van der Waals surface area contributed by atoms with Crippen LogP contribution in [-0.4, -0.2) is 24.9 Å². The third-order valence-corrected chi connectivity index (χ3v) is 5.12. The van der Waals surface area contributed by atoms with Gasteiger partial charge in [0.1, 0.15) is 11.6 Å². The van der Waals surface area contributed by atoms with Crippen molar-refractivity contribution in [1.29, 1.82) is 0 Å². The van der Waals surface area contributed by atoms with Gasteiger partial charge in [-0.1, -0.05) is 0 Å². The van der Waals surface area contributed by atoms with E-state index in [0.717, 1.165) is 0 Å². The van der Waals surface area contributed by atoms with Gasteiger partial charge in [-0.25, -0.2) is 8.78 Å². The molecule has 2 aromatic carbocycles. The van der Waals surface area contributed by atoms with Gasteiger partial charge in [-0.05, 0) is 74.3 Å². The Morgan fingerprint density at radius 1 is 1.00 bits per heavy atom. The number of hydrogen-bond donors (Lipinski definition) is 3. The molecule has 7 heteroatoms. The fourth-order valence-corrected chi connectivity index (χ4v) is 3.46. The molecule has 1 aliphatic rings. The van der Waals surface area contributed by atoms with Crippen LogP contribution in [0.2, 0.25) is 0 Å². The lowest BCUT2D eigenvalue weighted by molar-refractivity contribution is -0.129. The molecule has 1 unspecified atom stereocenters. The van der Waals surface area contributed by atoms with Crippen molar-refractivity contribution in [2.75, 3.05) is 23.7 Å². The Morgan fingerprint density at radius 3 is 2.07 bits per heavy atom. The Labute approximate surface area is 162 Å². The minimum Gasteiger partial charge on any atom is -0.326 e. The summed E-state index contributed by atoms with van der Waals surface area (Å²) in [7, 11) is 0. The van der Waals surface area contributed by atoms with Crippen LogP contribution in [0.25, 0.3) is 0 Å². The van der Waals surface area contributed by atoms with Crippen LogP contribution in [0.5, 0.6) is 0 Å². The van der Waals surface area contributed by atoms with Gasteiger partial charge >= 0.3 is 0 Å². The molecule has 3 rings (SSSR count). The van der Waals surface area contributed by atoms with Gasteiger partial charge in [0, 0.05) is 24.3 Å². The van der Waals surface area contributed by atoms with Crippen molar-refractivity contribution in [1.82, 2.24) is 5.32 Å². The summed E-state index contributed by atoms with van der Waals surface area (Å²) in [5, 5.41) is 8.74. The molecular weight excluding hydrogens is 364 g/mol. The fourth-order valence-electron chi connectivity index (χ4n) is 3.46. The molecule has 0 radical (unpaired) electrons. The first-order valence-electron chi connectivity index (χ1n) is 9.13. The third-order valence-electron chi connectivity index (χ3n) is 5.12. The summed E-state index contributed by atoms with van der Waals surface area (Å²) in [6, 6.07) is 8.27. The highest BCUT2D eigenvalue weighted by Crippen LogP contribution is 2.33. The molecular formula is C21H23F2N3O2. The van der Waals surface area contributed by atoms with Crippen LogP contribution >= 0.6 is 0 Å². The van der Waals surface area contributed by atoms with Crippen molar-refractivity contribution < 1.29 is 18.4 Å². The lowest BCUT2D eigenvalue weighted by Crippen LogP contribution is -2.41. The van der Waals surface area contributed by atoms with Gasteiger partial charge in [-0.15, -0.1) is 0 Å². The number of hydrogen-bond acceptors (Lipinski definition) is 3. The molecule has 1 fully saturated rings. The van der Waals surface area contributed by atoms with E-state index in [1.807, 2.05) is 0 Å². The van der Waals surface area contributed by atoms with Gasteiger partial charge in [-0.2, -0.15) is 0 Å². The van der Waals surface area contributed by atoms with Crippen molar-refractivity contribution in [3.8, 4) is 0 Å².